The lowest BCUT2D eigenvalue weighted by atomic mass is 10.1. The smallest absolute Gasteiger partial charge is 0.228 e. The molecule has 1 aliphatic carbocycles. The van der Waals surface area contributed by atoms with Gasteiger partial charge in [0, 0.05) is 24.7 Å². The van der Waals surface area contributed by atoms with Gasteiger partial charge in [0.15, 0.2) is 11.6 Å². The largest absolute Gasteiger partial charge is 0.476 e. The first-order chi connectivity index (χ1) is 15.3. The van der Waals surface area contributed by atoms with E-state index in [2.05, 4.69) is 62.0 Å². The zero-order chi connectivity index (χ0) is 23.1. The Bertz CT molecular complexity index is 892. The molecule has 0 saturated heterocycles. The Kier molecular flexibility index (Phi) is 8.40. The summed E-state index contributed by atoms with van der Waals surface area (Å²) in [5.41, 5.74) is 7.39. The van der Waals surface area contributed by atoms with E-state index in [1.165, 1.54) is 12.8 Å². The standard InChI is InChI=1S/C22H36N8O2/c1-14(2)19-11-18(32-29-19)13-23-22-25-20(12-21(26-22)31-10-9-30(5)6)24-16(4)28-27-15(3)17-7-8-17/h11-12,14-15,17,27H,7-10,13H2,1-6H3,(H2,23,24,25,26,28). The van der Waals surface area contributed by atoms with Gasteiger partial charge in [0.05, 0.1) is 12.2 Å². The van der Waals surface area contributed by atoms with Crippen LogP contribution < -0.4 is 20.9 Å². The van der Waals surface area contributed by atoms with Gasteiger partial charge in [0.25, 0.3) is 0 Å². The molecule has 2 aromatic rings. The minimum atomic E-state index is 0.310. The Hall–Kier alpha value is -2.72. The number of aliphatic imine (C=N–C) groups is 1. The summed E-state index contributed by atoms with van der Waals surface area (Å²) < 4.78 is 11.2. The molecule has 1 fully saturated rings. The number of aromatic nitrogens is 3. The third-order valence-electron chi connectivity index (χ3n) is 5.16. The highest BCUT2D eigenvalue weighted by Crippen LogP contribution is 2.32. The molecular weight excluding hydrogens is 408 g/mol. The Balaban J connectivity index is 1.68. The van der Waals surface area contributed by atoms with Crippen LogP contribution in [0.2, 0.25) is 0 Å². The van der Waals surface area contributed by atoms with Crippen molar-refractivity contribution in [3.63, 3.8) is 0 Å². The van der Waals surface area contributed by atoms with Gasteiger partial charge in [-0.05, 0) is 52.6 Å². The van der Waals surface area contributed by atoms with E-state index in [4.69, 9.17) is 9.26 Å². The third kappa shape index (κ3) is 7.76. The van der Waals surface area contributed by atoms with Crippen molar-refractivity contribution in [1.82, 2.24) is 30.9 Å². The topological polar surface area (TPSA) is 113 Å². The van der Waals surface area contributed by atoms with Crippen LogP contribution in [0.1, 0.15) is 57.9 Å². The van der Waals surface area contributed by atoms with Crippen LogP contribution in [-0.4, -0.2) is 59.1 Å². The van der Waals surface area contributed by atoms with Crippen LogP contribution in [0.25, 0.3) is 0 Å². The van der Waals surface area contributed by atoms with E-state index in [0.29, 0.717) is 42.8 Å². The van der Waals surface area contributed by atoms with Gasteiger partial charge in [0.1, 0.15) is 12.4 Å². The summed E-state index contributed by atoms with van der Waals surface area (Å²) in [6.45, 7) is 9.95. The lowest BCUT2D eigenvalue weighted by Crippen LogP contribution is -2.42. The summed E-state index contributed by atoms with van der Waals surface area (Å²) in [6.07, 6.45) is 2.56. The maximum absolute atomic E-state index is 5.83. The van der Waals surface area contributed by atoms with Crippen molar-refractivity contribution in [3.05, 3.63) is 23.6 Å². The lowest BCUT2D eigenvalue weighted by Gasteiger charge is -2.14. The molecular formula is C22H36N8O2. The van der Waals surface area contributed by atoms with Crippen molar-refractivity contribution >= 4 is 17.6 Å². The quantitative estimate of drug-likeness (QED) is 0.258. The normalized spacial score (nSPS) is 15.3. The fourth-order valence-electron chi connectivity index (χ4n) is 2.94. The van der Waals surface area contributed by atoms with Gasteiger partial charge in [0.2, 0.25) is 11.8 Å². The molecule has 2 aromatic heterocycles. The van der Waals surface area contributed by atoms with Crippen molar-refractivity contribution in [1.29, 1.82) is 0 Å². The molecule has 0 aromatic carbocycles. The van der Waals surface area contributed by atoms with Crippen LogP contribution in [0.3, 0.4) is 0 Å². The molecule has 0 spiro atoms. The Labute approximate surface area is 190 Å². The summed E-state index contributed by atoms with van der Waals surface area (Å²) in [5.74, 6) is 3.89. The van der Waals surface area contributed by atoms with Gasteiger partial charge in [-0.3, -0.25) is 0 Å². The maximum atomic E-state index is 5.83. The van der Waals surface area contributed by atoms with Crippen molar-refractivity contribution < 1.29 is 9.26 Å². The molecule has 10 heteroatoms. The van der Waals surface area contributed by atoms with E-state index < -0.39 is 0 Å². The van der Waals surface area contributed by atoms with Crippen molar-refractivity contribution in [2.24, 2.45) is 10.9 Å². The van der Waals surface area contributed by atoms with Crippen LogP contribution in [0.5, 0.6) is 5.88 Å². The first-order valence-electron chi connectivity index (χ1n) is 11.2. The lowest BCUT2D eigenvalue weighted by molar-refractivity contribution is 0.254. The van der Waals surface area contributed by atoms with E-state index in [1.54, 1.807) is 6.07 Å². The Morgan fingerprint density at radius 1 is 1.25 bits per heavy atom. The number of hydrazine groups is 1. The second kappa shape index (κ2) is 11.2. The van der Waals surface area contributed by atoms with Crippen molar-refractivity contribution in [3.8, 4) is 5.88 Å². The minimum Gasteiger partial charge on any atom is -0.476 e. The van der Waals surface area contributed by atoms with Gasteiger partial charge in [-0.25, -0.2) is 10.4 Å². The summed E-state index contributed by atoms with van der Waals surface area (Å²) in [5, 5.41) is 7.28. The predicted octanol–water partition coefficient (Wildman–Crippen LogP) is 3.08. The minimum absolute atomic E-state index is 0.310. The van der Waals surface area contributed by atoms with Crippen molar-refractivity contribution in [2.75, 3.05) is 32.6 Å². The molecule has 176 valence electrons. The summed E-state index contributed by atoms with van der Waals surface area (Å²) in [6, 6.07) is 4.08. The van der Waals surface area contributed by atoms with Crippen LogP contribution >= 0.6 is 0 Å². The van der Waals surface area contributed by atoms with Crippen LogP contribution in [0, 0.1) is 5.92 Å². The Morgan fingerprint density at radius 2 is 2.03 bits per heavy atom. The Morgan fingerprint density at radius 3 is 2.69 bits per heavy atom. The van der Waals surface area contributed by atoms with Gasteiger partial charge in [-0.1, -0.05) is 19.0 Å². The number of rotatable bonds is 12. The molecule has 0 aliphatic heterocycles. The number of amidine groups is 1. The molecule has 2 heterocycles. The number of hydrogen-bond acceptors (Lipinski definition) is 9. The van der Waals surface area contributed by atoms with Crippen LogP contribution in [0.15, 0.2) is 21.6 Å². The second-order valence-electron chi connectivity index (χ2n) is 8.86. The maximum Gasteiger partial charge on any atom is 0.228 e. The number of ether oxygens (including phenoxy) is 1. The molecule has 0 amide bonds. The first-order valence-corrected chi connectivity index (χ1v) is 11.2. The van der Waals surface area contributed by atoms with E-state index in [0.717, 1.165) is 29.8 Å². The molecule has 32 heavy (non-hydrogen) atoms. The van der Waals surface area contributed by atoms with E-state index in [-0.39, 0.29) is 0 Å². The third-order valence-corrected chi connectivity index (χ3v) is 5.16. The number of nitrogens with zero attached hydrogens (tertiary/aromatic N) is 5. The molecule has 0 bridgehead atoms. The summed E-state index contributed by atoms with van der Waals surface area (Å²) in [7, 11) is 4.00. The SMILES string of the molecule is C/C(=N\c1cc(OCCN(C)C)nc(NCc2cc(C(C)C)no2)n1)NNC(C)C1CC1. The fourth-order valence-corrected chi connectivity index (χ4v) is 2.94. The molecule has 1 unspecified atom stereocenters. The number of nitrogens with one attached hydrogen (secondary N) is 3. The number of hydrogen-bond donors (Lipinski definition) is 3. The molecule has 0 radical (unpaired) electrons. The molecule has 1 atom stereocenters. The van der Waals surface area contributed by atoms with E-state index in [9.17, 15) is 0 Å². The molecule has 1 aliphatic rings. The van der Waals surface area contributed by atoms with Gasteiger partial charge in [-0.2, -0.15) is 9.97 Å². The fraction of sp³-hybridized carbons (Fsp3) is 0.636. The van der Waals surface area contributed by atoms with Crippen molar-refractivity contribution in [2.45, 2.75) is 59.0 Å². The van der Waals surface area contributed by atoms with E-state index >= 15 is 0 Å². The van der Waals surface area contributed by atoms with Crippen LogP contribution in [0.4, 0.5) is 11.8 Å². The zero-order valence-electron chi connectivity index (χ0n) is 20.0. The average Bonchev–Trinajstić information content (AvgIpc) is 3.47. The molecule has 3 rings (SSSR count). The van der Waals surface area contributed by atoms with E-state index in [1.807, 2.05) is 27.1 Å². The van der Waals surface area contributed by atoms with Gasteiger partial charge >= 0.3 is 0 Å². The van der Waals surface area contributed by atoms with Gasteiger partial charge < -0.3 is 24.9 Å². The highest BCUT2D eigenvalue weighted by molar-refractivity contribution is 5.81. The summed E-state index contributed by atoms with van der Waals surface area (Å²) in [4.78, 5) is 15.6. The molecule has 1 saturated carbocycles. The average molecular weight is 445 g/mol. The number of likely N-dealkylation sites (N-methyl/N-ethyl adjacent to an activating group) is 1. The predicted molar refractivity (Wildman–Crippen MR) is 125 cm³/mol. The molecule has 3 N–H and O–H groups in total. The highest BCUT2D eigenvalue weighted by Gasteiger charge is 2.27. The highest BCUT2D eigenvalue weighted by atomic mass is 16.5. The first kappa shape index (κ1) is 23.9. The number of anilines is 1. The monoisotopic (exact) mass is 444 g/mol. The van der Waals surface area contributed by atoms with Crippen LogP contribution in [-0.2, 0) is 6.54 Å². The summed E-state index contributed by atoms with van der Waals surface area (Å²) >= 11 is 0. The molecule has 10 nitrogen and oxygen atoms in total. The second-order valence-corrected chi connectivity index (χ2v) is 8.86. The zero-order valence-corrected chi connectivity index (χ0v) is 20.0. The van der Waals surface area contributed by atoms with Gasteiger partial charge in [-0.15, -0.1) is 0 Å².